The van der Waals surface area contributed by atoms with Crippen molar-refractivity contribution in [3.8, 4) is 0 Å². The Hall–Kier alpha value is -2.04. The number of cyclic esters (lactones) is 1. The number of amides is 1. The molecule has 84 valence electrons. The smallest absolute Gasteiger partial charge is 0.408 e. The summed E-state index contributed by atoms with van der Waals surface area (Å²) in [5.74, 6) is -1.13. The van der Waals surface area contributed by atoms with Gasteiger partial charge in [0.2, 0.25) is 6.10 Å². The monoisotopic (exact) mass is 221 g/mol. The Balaban J connectivity index is 2.09. The van der Waals surface area contributed by atoms with Crippen LogP contribution in [-0.2, 0) is 16.0 Å². The highest BCUT2D eigenvalue weighted by Crippen LogP contribution is 2.14. The van der Waals surface area contributed by atoms with E-state index in [1.165, 1.54) is 0 Å². The molecule has 0 aliphatic carbocycles. The minimum absolute atomic E-state index is 0.448. The molecule has 1 unspecified atom stereocenters. The standard InChI is InChI=1S/C11H11NO4/c13-10(14)9-8(12-11(15)16-9)6-7-4-2-1-3-5-7/h1-5,8-9H,6H2,(H,12,15)(H,13,14)/t8-,9?/m0/s1. The molecule has 1 amide bonds. The SMILES string of the molecule is O=C1N[C@@H](Cc2ccccc2)C(C(=O)O)O1. The van der Waals surface area contributed by atoms with Gasteiger partial charge in [-0.1, -0.05) is 30.3 Å². The molecule has 1 heterocycles. The number of carboxylic acid groups (broad SMARTS) is 1. The van der Waals surface area contributed by atoms with Gasteiger partial charge in [-0.05, 0) is 12.0 Å². The highest BCUT2D eigenvalue weighted by Gasteiger charge is 2.39. The average Bonchev–Trinajstić information content (AvgIpc) is 2.61. The number of aliphatic carboxylic acids is 1. The van der Waals surface area contributed by atoms with Crippen LogP contribution >= 0.6 is 0 Å². The molecule has 16 heavy (non-hydrogen) atoms. The fourth-order valence-electron chi connectivity index (χ4n) is 1.71. The Morgan fingerprint density at radius 2 is 2.06 bits per heavy atom. The van der Waals surface area contributed by atoms with Crippen molar-refractivity contribution in [1.82, 2.24) is 5.32 Å². The van der Waals surface area contributed by atoms with Crippen LogP contribution in [-0.4, -0.2) is 29.3 Å². The third kappa shape index (κ3) is 2.13. The van der Waals surface area contributed by atoms with Crippen molar-refractivity contribution in [2.24, 2.45) is 0 Å². The molecule has 1 aliphatic heterocycles. The largest absolute Gasteiger partial charge is 0.478 e. The first kappa shape index (κ1) is 10.5. The molecule has 0 spiro atoms. The maximum absolute atomic E-state index is 11.0. The molecule has 5 heteroatoms. The van der Waals surface area contributed by atoms with E-state index in [4.69, 9.17) is 5.11 Å². The molecule has 2 atom stereocenters. The molecule has 5 nitrogen and oxygen atoms in total. The number of nitrogens with one attached hydrogen (secondary N) is 1. The first-order valence-electron chi connectivity index (χ1n) is 4.90. The fraction of sp³-hybridized carbons (Fsp3) is 0.273. The lowest BCUT2D eigenvalue weighted by atomic mass is 10.0. The van der Waals surface area contributed by atoms with Gasteiger partial charge in [0.15, 0.2) is 0 Å². The molecular formula is C11H11NO4. The van der Waals surface area contributed by atoms with E-state index in [2.05, 4.69) is 10.1 Å². The molecule has 1 aliphatic rings. The summed E-state index contributed by atoms with van der Waals surface area (Å²) in [4.78, 5) is 21.8. The first-order chi connectivity index (χ1) is 7.66. The lowest BCUT2D eigenvalue weighted by molar-refractivity contribution is -0.145. The number of ether oxygens (including phenoxy) is 1. The zero-order chi connectivity index (χ0) is 11.5. The van der Waals surface area contributed by atoms with Crippen molar-refractivity contribution >= 4 is 12.1 Å². The van der Waals surface area contributed by atoms with Crippen LogP contribution in [0.3, 0.4) is 0 Å². The van der Waals surface area contributed by atoms with Crippen LogP contribution in [0.25, 0.3) is 0 Å². The van der Waals surface area contributed by atoms with E-state index in [9.17, 15) is 9.59 Å². The summed E-state index contributed by atoms with van der Waals surface area (Å²) in [5.41, 5.74) is 0.963. The summed E-state index contributed by atoms with van der Waals surface area (Å²) < 4.78 is 4.66. The molecule has 0 radical (unpaired) electrons. The highest BCUT2D eigenvalue weighted by molar-refractivity contribution is 5.82. The van der Waals surface area contributed by atoms with Crippen LogP contribution in [0, 0.1) is 0 Å². The molecule has 1 aromatic carbocycles. The van der Waals surface area contributed by atoms with Gasteiger partial charge in [0.25, 0.3) is 0 Å². The summed E-state index contributed by atoms with van der Waals surface area (Å²) in [5, 5.41) is 11.4. The second kappa shape index (κ2) is 4.22. The molecule has 2 N–H and O–H groups in total. The van der Waals surface area contributed by atoms with E-state index in [-0.39, 0.29) is 0 Å². The maximum Gasteiger partial charge on any atom is 0.408 e. The quantitative estimate of drug-likeness (QED) is 0.791. The number of benzene rings is 1. The van der Waals surface area contributed by atoms with E-state index < -0.39 is 24.2 Å². The Morgan fingerprint density at radius 1 is 1.38 bits per heavy atom. The molecule has 1 aromatic rings. The van der Waals surface area contributed by atoms with Crippen LogP contribution < -0.4 is 5.32 Å². The van der Waals surface area contributed by atoms with Crippen molar-refractivity contribution < 1.29 is 19.4 Å². The lowest BCUT2D eigenvalue weighted by Gasteiger charge is -2.12. The van der Waals surface area contributed by atoms with E-state index in [1.807, 2.05) is 30.3 Å². The van der Waals surface area contributed by atoms with E-state index >= 15 is 0 Å². The third-order valence-corrected chi connectivity index (χ3v) is 2.44. The number of hydrogen-bond donors (Lipinski definition) is 2. The molecule has 2 rings (SSSR count). The maximum atomic E-state index is 11.0. The minimum Gasteiger partial charge on any atom is -0.478 e. The Labute approximate surface area is 92.0 Å². The van der Waals surface area contributed by atoms with Crippen LogP contribution in [0.5, 0.6) is 0 Å². The molecule has 1 saturated heterocycles. The second-order valence-electron chi connectivity index (χ2n) is 3.60. The van der Waals surface area contributed by atoms with E-state index in [0.717, 1.165) is 5.56 Å². The van der Waals surface area contributed by atoms with E-state index in [1.54, 1.807) is 0 Å². The van der Waals surface area contributed by atoms with Crippen LogP contribution in [0.2, 0.25) is 0 Å². The molecule has 0 bridgehead atoms. The van der Waals surface area contributed by atoms with Crippen LogP contribution in [0.1, 0.15) is 5.56 Å². The number of carboxylic acids is 1. The van der Waals surface area contributed by atoms with Gasteiger partial charge in [0.05, 0.1) is 6.04 Å². The molecule has 0 aromatic heterocycles. The minimum atomic E-state index is -1.13. The average molecular weight is 221 g/mol. The fourth-order valence-corrected chi connectivity index (χ4v) is 1.71. The number of hydrogen-bond acceptors (Lipinski definition) is 3. The van der Waals surface area contributed by atoms with Crippen LogP contribution in [0.15, 0.2) is 30.3 Å². The van der Waals surface area contributed by atoms with Gasteiger partial charge >= 0.3 is 12.1 Å². The highest BCUT2D eigenvalue weighted by atomic mass is 16.6. The zero-order valence-corrected chi connectivity index (χ0v) is 8.42. The number of carbonyl (C=O) groups is 2. The van der Waals surface area contributed by atoms with Crippen molar-refractivity contribution in [2.75, 3.05) is 0 Å². The van der Waals surface area contributed by atoms with Gasteiger partial charge in [-0.15, -0.1) is 0 Å². The zero-order valence-electron chi connectivity index (χ0n) is 8.42. The first-order valence-corrected chi connectivity index (χ1v) is 4.90. The summed E-state index contributed by atoms with van der Waals surface area (Å²) in [7, 11) is 0. The second-order valence-corrected chi connectivity index (χ2v) is 3.60. The summed E-state index contributed by atoms with van der Waals surface area (Å²) >= 11 is 0. The third-order valence-electron chi connectivity index (χ3n) is 2.44. The molecule has 1 fully saturated rings. The van der Waals surface area contributed by atoms with E-state index in [0.29, 0.717) is 6.42 Å². The Kier molecular flexibility index (Phi) is 2.76. The normalized spacial score (nSPS) is 23.6. The van der Waals surface area contributed by atoms with Gasteiger partial charge in [-0.2, -0.15) is 0 Å². The van der Waals surface area contributed by atoms with Gasteiger partial charge in [-0.3, -0.25) is 0 Å². The van der Waals surface area contributed by atoms with Crippen molar-refractivity contribution in [3.05, 3.63) is 35.9 Å². The Morgan fingerprint density at radius 3 is 2.69 bits per heavy atom. The van der Waals surface area contributed by atoms with Crippen LogP contribution in [0.4, 0.5) is 4.79 Å². The molecular weight excluding hydrogens is 210 g/mol. The topological polar surface area (TPSA) is 75.6 Å². The molecule has 0 saturated carbocycles. The summed E-state index contributed by atoms with van der Waals surface area (Å²) in [6.07, 6.45) is -1.33. The number of alkyl carbamates (subject to hydrolysis) is 1. The van der Waals surface area contributed by atoms with Gasteiger partial charge in [0.1, 0.15) is 0 Å². The van der Waals surface area contributed by atoms with Crippen molar-refractivity contribution in [3.63, 3.8) is 0 Å². The van der Waals surface area contributed by atoms with Crippen molar-refractivity contribution in [1.29, 1.82) is 0 Å². The Bertz CT molecular complexity index is 404. The summed E-state index contributed by atoms with van der Waals surface area (Å²) in [6.45, 7) is 0. The number of carbonyl (C=O) groups excluding carboxylic acids is 1. The predicted molar refractivity (Wildman–Crippen MR) is 55.0 cm³/mol. The van der Waals surface area contributed by atoms with Gasteiger partial charge < -0.3 is 15.2 Å². The predicted octanol–water partition coefficient (Wildman–Crippen LogP) is 0.791. The van der Waals surface area contributed by atoms with Crippen molar-refractivity contribution in [2.45, 2.75) is 18.6 Å². The van der Waals surface area contributed by atoms with Gasteiger partial charge in [0, 0.05) is 0 Å². The number of rotatable bonds is 3. The van der Waals surface area contributed by atoms with Gasteiger partial charge in [-0.25, -0.2) is 9.59 Å². The lowest BCUT2D eigenvalue weighted by Crippen LogP contribution is -2.38. The summed E-state index contributed by atoms with van der Waals surface area (Å²) in [6, 6.07) is 8.85.